The summed E-state index contributed by atoms with van der Waals surface area (Å²) in [5.74, 6) is -2.36. The number of carboxylic acids is 2. The van der Waals surface area contributed by atoms with Gasteiger partial charge in [0, 0.05) is 6.54 Å². The second-order valence-corrected chi connectivity index (χ2v) is 2.96. The van der Waals surface area contributed by atoms with E-state index in [0.717, 1.165) is 0 Å². The van der Waals surface area contributed by atoms with Gasteiger partial charge in [-0.05, 0) is 6.54 Å². The van der Waals surface area contributed by atoms with Crippen LogP contribution >= 0.6 is 0 Å². The topological polar surface area (TPSA) is 77.8 Å². The Morgan fingerprint density at radius 3 is 2.23 bits per heavy atom. The molecule has 0 fully saturated rings. The van der Waals surface area contributed by atoms with Gasteiger partial charge in [0.15, 0.2) is 0 Å². The Kier molecular flexibility index (Phi) is 5.06. The lowest BCUT2D eigenvalue weighted by Gasteiger charge is -2.19. The first-order chi connectivity index (χ1) is 5.97. The zero-order valence-corrected chi connectivity index (χ0v) is 7.86. The molecule has 5 nitrogen and oxygen atoms in total. The van der Waals surface area contributed by atoms with E-state index in [1.165, 1.54) is 0 Å². The van der Waals surface area contributed by atoms with E-state index in [-0.39, 0.29) is 13.1 Å². The highest BCUT2D eigenvalue weighted by Gasteiger charge is 2.16. The van der Waals surface area contributed by atoms with Gasteiger partial charge in [0.2, 0.25) is 0 Å². The molecule has 0 radical (unpaired) electrons. The van der Waals surface area contributed by atoms with Crippen LogP contribution in [-0.4, -0.2) is 46.7 Å². The van der Waals surface area contributed by atoms with Crippen LogP contribution in [0.3, 0.4) is 0 Å². The molecule has 0 amide bonds. The van der Waals surface area contributed by atoms with Crippen LogP contribution in [0.4, 0.5) is 0 Å². The van der Waals surface area contributed by atoms with Crippen molar-refractivity contribution in [2.24, 2.45) is 5.92 Å². The highest BCUT2D eigenvalue weighted by atomic mass is 16.4. The maximum atomic E-state index is 10.5. The van der Waals surface area contributed by atoms with Gasteiger partial charge in [0.1, 0.15) is 0 Å². The van der Waals surface area contributed by atoms with Crippen LogP contribution in [0.25, 0.3) is 0 Å². The third-order valence-corrected chi connectivity index (χ3v) is 1.76. The Morgan fingerprint density at radius 1 is 1.38 bits per heavy atom. The summed E-state index contributed by atoms with van der Waals surface area (Å²) in [7, 11) is 0. The number of carbonyl (C=O) groups is 2. The maximum Gasteiger partial charge on any atom is 0.317 e. The molecular formula is C8H15NO4. The van der Waals surface area contributed by atoms with Gasteiger partial charge in [0.05, 0.1) is 12.5 Å². The third kappa shape index (κ3) is 5.19. The molecule has 2 N–H and O–H groups in total. The summed E-state index contributed by atoms with van der Waals surface area (Å²) in [6.45, 7) is 4.08. The average Bonchev–Trinajstić information content (AvgIpc) is 2.02. The molecule has 0 aromatic rings. The Morgan fingerprint density at radius 2 is 1.92 bits per heavy atom. The first-order valence-electron chi connectivity index (χ1n) is 4.14. The fourth-order valence-corrected chi connectivity index (χ4v) is 0.962. The molecule has 0 bridgehead atoms. The van der Waals surface area contributed by atoms with Crippen molar-refractivity contribution in [1.82, 2.24) is 4.90 Å². The van der Waals surface area contributed by atoms with Gasteiger partial charge in [-0.2, -0.15) is 0 Å². The second kappa shape index (κ2) is 5.53. The molecule has 0 aliphatic heterocycles. The summed E-state index contributed by atoms with van der Waals surface area (Å²) in [6.07, 6.45) is 0. The number of likely N-dealkylation sites (N-methyl/N-ethyl adjacent to an activating group) is 1. The quantitative estimate of drug-likeness (QED) is 0.620. The zero-order chi connectivity index (χ0) is 10.4. The SMILES string of the molecule is CCN(CC(=O)O)CC(C)C(=O)O. The number of rotatable bonds is 6. The van der Waals surface area contributed by atoms with Gasteiger partial charge in [-0.15, -0.1) is 0 Å². The molecule has 0 rings (SSSR count). The predicted molar refractivity (Wildman–Crippen MR) is 46.5 cm³/mol. The van der Waals surface area contributed by atoms with E-state index < -0.39 is 17.9 Å². The van der Waals surface area contributed by atoms with Crippen molar-refractivity contribution in [1.29, 1.82) is 0 Å². The molecule has 0 aliphatic carbocycles. The molecule has 13 heavy (non-hydrogen) atoms. The molecule has 0 saturated carbocycles. The smallest absolute Gasteiger partial charge is 0.317 e. The van der Waals surface area contributed by atoms with E-state index >= 15 is 0 Å². The summed E-state index contributed by atoms with van der Waals surface area (Å²) in [6, 6.07) is 0. The van der Waals surface area contributed by atoms with E-state index in [1.54, 1.807) is 18.7 Å². The number of hydrogen-bond acceptors (Lipinski definition) is 3. The molecule has 1 atom stereocenters. The average molecular weight is 189 g/mol. The molecule has 0 aliphatic rings. The molecule has 76 valence electrons. The highest BCUT2D eigenvalue weighted by molar-refractivity contribution is 5.70. The van der Waals surface area contributed by atoms with Crippen LogP contribution in [0.1, 0.15) is 13.8 Å². The number of aliphatic carboxylic acids is 2. The fraction of sp³-hybridized carbons (Fsp3) is 0.750. The van der Waals surface area contributed by atoms with Crippen LogP contribution in [0.5, 0.6) is 0 Å². The normalized spacial score (nSPS) is 12.8. The van der Waals surface area contributed by atoms with E-state index in [9.17, 15) is 9.59 Å². The molecule has 5 heteroatoms. The number of nitrogens with zero attached hydrogens (tertiary/aromatic N) is 1. The van der Waals surface area contributed by atoms with Gasteiger partial charge in [-0.3, -0.25) is 14.5 Å². The van der Waals surface area contributed by atoms with Crippen LogP contribution in [0, 0.1) is 5.92 Å². The minimum absolute atomic E-state index is 0.103. The van der Waals surface area contributed by atoms with E-state index in [1.807, 2.05) is 0 Å². The number of carboxylic acid groups (broad SMARTS) is 2. The Balaban J connectivity index is 3.97. The molecule has 0 saturated heterocycles. The molecule has 0 heterocycles. The van der Waals surface area contributed by atoms with Crippen LogP contribution < -0.4 is 0 Å². The molecule has 0 aromatic carbocycles. The van der Waals surface area contributed by atoms with Gasteiger partial charge in [-0.25, -0.2) is 0 Å². The summed E-state index contributed by atoms with van der Waals surface area (Å²) in [5.41, 5.74) is 0. The van der Waals surface area contributed by atoms with Crippen LogP contribution in [0.2, 0.25) is 0 Å². The lowest BCUT2D eigenvalue weighted by Crippen LogP contribution is -2.35. The zero-order valence-electron chi connectivity index (χ0n) is 7.86. The third-order valence-electron chi connectivity index (χ3n) is 1.76. The van der Waals surface area contributed by atoms with Gasteiger partial charge in [-0.1, -0.05) is 13.8 Å². The standard InChI is InChI=1S/C8H15NO4/c1-3-9(5-7(10)11)4-6(2)8(12)13/h6H,3-5H2,1-2H3,(H,10,11)(H,12,13). The first-order valence-corrected chi connectivity index (χ1v) is 4.14. The van der Waals surface area contributed by atoms with Crippen molar-refractivity contribution in [3.05, 3.63) is 0 Å². The maximum absolute atomic E-state index is 10.5. The largest absolute Gasteiger partial charge is 0.481 e. The minimum atomic E-state index is -0.931. The van der Waals surface area contributed by atoms with Crippen molar-refractivity contribution in [2.75, 3.05) is 19.6 Å². The Labute approximate surface area is 77.0 Å². The van der Waals surface area contributed by atoms with E-state index in [0.29, 0.717) is 6.54 Å². The lowest BCUT2D eigenvalue weighted by molar-refractivity contribution is -0.144. The highest BCUT2D eigenvalue weighted by Crippen LogP contribution is 1.99. The van der Waals surface area contributed by atoms with Crippen LogP contribution in [0.15, 0.2) is 0 Å². The fourth-order valence-electron chi connectivity index (χ4n) is 0.962. The summed E-state index contributed by atoms with van der Waals surface area (Å²) < 4.78 is 0. The van der Waals surface area contributed by atoms with Gasteiger partial charge >= 0.3 is 11.9 Å². The molecule has 1 unspecified atom stereocenters. The molecular weight excluding hydrogens is 174 g/mol. The predicted octanol–water partition coefficient (Wildman–Crippen LogP) is 0.114. The number of hydrogen-bond donors (Lipinski definition) is 2. The van der Waals surface area contributed by atoms with Crippen molar-refractivity contribution in [3.8, 4) is 0 Å². The first kappa shape index (κ1) is 11.9. The molecule has 0 aromatic heterocycles. The summed E-state index contributed by atoms with van der Waals surface area (Å²) in [5, 5.41) is 17.1. The molecule has 0 spiro atoms. The summed E-state index contributed by atoms with van der Waals surface area (Å²) >= 11 is 0. The Hall–Kier alpha value is -1.10. The van der Waals surface area contributed by atoms with Crippen molar-refractivity contribution >= 4 is 11.9 Å². The lowest BCUT2D eigenvalue weighted by atomic mass is 10.2. The van der Waals surface area contributed by atoms with Gasteiger partial charge in [0.25, 0.3) is 0 Å². The van der Waals surface area contributed by atoms with Crippen molar-refractivity contribution < 1.29 is 19.8 Å². The van der Waals surface area contributed by atoms with E-state index in [2.05, 4.69) is 0 Å². The monoisotopic (exact) mass is 189 g/mol. The van der Waals surface area contributed by atoms with Crippen molar-refractivity contribution in [2.45, 2.75) is 13.8 Å². The van der Waals surface area contributed by atoms with E-state index in [4.69, 9.17) is 10.2 Å². The van der Waals surface area contributed by atoms with Gasteiger partial charge < -0.3 is 10.2 Å². The minimum Gasteiger partial charge on any atom is -0.481 e. The second-order valence-electron chi connectivity index (χ2n) is 2.96. The van der Waals surface area contributed by atoms with Crippen molar-refractivity contribution in [3.63, 3.8) is 0 Å². The summed E-state index contributed by atoms with van der Waals surface area (Å²) in [4.78, 5) is 22.4. The Bertz CT molecular complexity index is 193. The van der Waals surface area contributed by atoms with Crippen LogP contribution in [-0.2, 0) is 9.59 Å².